The number of carbonyl (C=O) groups excluding carboxylic acids is 2. The van der Waals surface area contributed by atoms with Crippen LogP contribution in [0, 0.1) is 13.8 Å². The molecule has 170 valence electrons. The van der Waals surface area contributed by atoms with Crippen LogP contribution in [0.25, 0.3) is 0 Å². The summed E-state index contributed by atoms with van der Waals surface area (Å²) in [5.41, 5.74) is 7.08. The minimum atomic E-state index is -0.346. The lowest BCUT2D eigenvalue weighted by atomic mass is 10.2. The van der Waals surface area contributed by atoms with E-state index in [1.807, 2.05) is 56.3 Å². The highest BCUT2D eigenvalue weighted by molar-refractivity contribution is 6.31. The topological polar surface area (TPSA) is 79.8 Å². The highest BCUT2D eigenvalue weighted by Gasteiger charge is 2.07. The Hall–Kier alpha value is -3.64. The molecule has 0 radical (unpaired) electrons. The number of ether oxygens (including phenoxy) is 1. The Morgan fingerprint density at radius 3 is 2.33 bits per heavy atom. The van der Waals surface area contributed by atoms with Gasteiger partial charge in [0.15, 0.2) is 0 Å². The molecule has 0 bridgehead atoms. The molecule has 6 nitrogen and oxygen atoms in total. The molecule has 0 unspecified atom stereocenters. The van der Waals surface area contributed by atoms with Crippen LogP contribution in [0.4, 0.5) is 5.69 Å². The summed E-state index contributed by atoms with van der Waals surface area (Å²) in [5, 5.41) is 7.24. The van der Waals surface area contributed by atoms with Crippen LogP contribution in [-0.4, -0.2) is 18.0 Å². The van der Waals surface area contributed by atoms with Crippen molar-refractivity contribution >= 4 is 35.3 Å². The number of carbonyl (C=O) groups is 2. The number of amides is 2. The molecule has 0 aliphatic heterocycles. The van der Waals surface area contributed by atoms with Gasteiger partial charge in [0.1, 0.15) is 12.4 Å². The van der Waals surface area contributed by atoms with Crippen molar-refractivity contribution in [2.24, 2.45) is 5.10 Å². The zero-order chi connectivity index (χ0) is 23.6. The maximum atomic E-state index is 12.0. The van der Waals surface area contributed by atoms with Crippen LogP contribution in [0.15, 0.2) is 71.8 Å². The summed E-state index contributed by atoms with van der Waals surface area (Å²) >= 11 is 6.05. The zero-order valence-electron chi connectivity index (χ0n) is 18.6. The molecule has 3 rings (SSSR count). The molecule has 0 saturated heterocycles. The van der Waals surface area contributed by atoms with Crippen molar-refractivity contribution in [3.05, 3.63) is 94.0 Å². The van der Waals surface area contributed by atoms with Crippen LogP contribution < -0.4 is 15.5 Å². The largest absolute Gasteiger partial charge is 0.489 e. The lowest BCUT2D eigenvalue weighted by Gasteiger charge is -2.07. The molecular weight excluding hydrogens is 438 g/mol. The predicted octanol–water partition coefficient (Wildman–Crippen LogP) is 5.40. The summed E-state index contributed by atoms with van der Waals surface area (Å²) in [6.07, 6.45) is 1.60. The van der Waals surface area contributed by atoms with E-state index in [0.29, 0.717) is 17.3 Å². The Kier molecular flexibility index (Phi) is 8.61. The van der Waals surface area contributed by atoms with Crippen molar-refractivity contribution in [1.82, 2.24) is 5.43 Å². The summed E-state index contributed by atoms with van der Waals surface area (Å²) in [4.78, 5) is 24.0. The number of benzene rings is 3. The monoisotopic (exact) mass is 463 g/mol. The van der Waals surface area contributed by atoms with E-state index in [1.165, 1.54) is 11.8 Å². The Balaban J connectivity index is 1.38. The second-order valence-electron chi connectivity index (χ2n) is 7.65. The maximum absolute atomic E-state index is 12.0. The third-order valence-electron chi connectivity index (χ3n) is 4.84. The molecule has 0 aromatic heterocycles. The fourth-order valence-corrected chi connectivity index (χ4v) is 3.04. The second kappa shape index (κ2) is 11.8. The Labute approximate surface area is 198 Å². The minimum absolute atomic E-state index is 0.0224. The second-order valence-corrected chi connectivity index (χ2v) is 8.06. The van der Waals surface area contributed by atoms with Crippen molar-refractivity contribution in [2.75, 3.05) is 5.32 Å². The molecule has 3 aromatic rings. The summed E-state index contributed by atoms with van der Waals surface area (Å²) in [6.45, 7) is 4.43. The van der Waals surface area contributed by atoms with Gasteiger partial charge >= 0.3 is 0 Å². The number of rotatable bonds is 9. The van der Waals surface area contributed by atoms with Crippen molar-refractivity contribution < 1.29 is 14.3 Å². The molecule has 7 heteroatoms. The number of anilines is 1. The van der Waals surface area contributed by atoms with Crippen LogP contribution >= 0.6 is 11.6 Å². The molecule has 0 atom stereocenters. The fraction of sp³-hybridized carbons (Fsp3) is 0.192. The van der Waals surface area contributed by atoms with Gasteiger partial charge in [0, 0.05) is 23.6 Å². The lowest BCUT2D eigenvalue weighted by Crippen LogP contribution is -2.20. The lowest BCUT2D eigenvalue weighted by molar-refractivity contribution is -0.124. The molecule has 0 fully saturated rings. The number of aryl methyl sites for hydroxylation is 2. The van der Waals surface area contributed by atoms with Gasteiger partial charge in [-0.2, -0.15) is 5.10 Å². The van der Waals surface area contributed by atoms with Gasteiger partial charge < -0.3 is 10.1 Å². The van der Waals surface area contributed by atoms with Gasteiger partial charge in [-0.15, -0.1) is 0 Å². The van der Waals surface area contributed by atoms with Crippen LogP contribution in [0.2, 0.25) is 5.02 Å². The van der Waals surface area contributed by atoms with Gasteiger partial charge in [-0.05, 0) is 66.9 Å². The SMILES string of the molecule is Cc1ccc(COc2ccc(C=NNC(=O)CCC(=O)Nc3ccc(C)c(Cl)c3)cc2)cc1. The smallest absolute Gasteiger partial charge is 0.240 e. The number of halogens is 1. The van der Waals surface area contributed by atoms with E-state index < -0.39 is 0 Å². The predicted molar refractivity (Wildman–Crippen MR) is 132 cm³/mol. The van der Waals surface area contributed by atoms with E-state index in [1.54, 1.807) is 12.1 Å². The normalized spacial score (nSPS) is 10.8. The number of hydrogen-bond acceptors (Lipinski definition) is 4. The van der Waals surface area contributed by atoms with Gasteiger partial charge in [-0.1, -0.05) is 47.5 Å². The van der Waals surface area contributed by atoms with E-state index in [-0.39, 0.29) is 24.7 Å². The van der Waals surface area contributed by atoms with Gasteiger partial charge in [0.2, 0.25) is 11.8 Å². The van der Waals surface area contributed by atoms with Gasteiger partial charge in [0.25, 0.3) is 0 Å². The van der Waals surface area contributed by atoms with Gasteiger partial charge in [-0.3, -0.25) is 9.59 Å². The van der Waals surface area contributed by atoms with Gasteiger partial charge in [-0.25, -0.2) is 5.43 Å². The summed E-state index contributed by atoms with van der Waals surface area (Å²) < 4.78 is 5.78. The van der Waals surface area contributed by atoms with Crippen molar-refractivity contribution in [2.45, 2.75) is 33.3 Å². The number of nitrogens with zero attached hydrogens (tertiary/aromatic N) is 1. The first-order chi connectivity index (χ1) is 15.9. The van der Waals surface area contributed by atoms with E-state index in [4.69, 9.17) is 16.3 Å². The third-order valence-corrected chi connectivity index (χ3v) is 5.25. The first kappa shape index (κ1) is 24.0. The third kappa shape index (κ3) is 8.09. The van der Waals surface area contributed by atoms with Crippen LogP contribution in [0.3, 0.4) is 0 Å². The zero-order valence-corrected chi connectivity index (χ0v) is 19.4. The highest BCUT2D eigenvalue weighted by atomic mass is 35.5. The molecule has 0 heterocycles. The maximum Gasteiger partial charge on any atom is 0.240 e. The molecular formula is C26H26ClN3O3. The summed E-state index contributed by atoms with van der Waals surface area (Å²) in [6, 6.07) is 20.8. The molecule has 2 amide bonds. The molecule has 33 heavy (non-hydrogen) atoms. The van der Waals surface area contributed by atoms with Crippen molar-refractivity contribution in [1.29, 1.82) is 0 Å². The van der Waals surface area contributed by atoms with E-state index in [9.17, 15) is 9.59 Å². The standard InChI is InChI=1S/C26H26ClN3O3/c1-18-3-6-21(7-4-18)17-33-23-11-8-20(9-12-23)16-28-30-26(32)14-13-25(31)29-22-10-5-19(2)24(27)15-22/h3-12,15-16H,13-14,17H2,1-2H3,(H,29,31)(H,30,32). The Morgan fingerprint density at radius 1 is 0.939 bits per heavy atom. The first-order valence-electron chi connectivity index (χ1n) is 10.6. The Morgan fingerprint density at radius 2 is 1.64 bits per heavy atom. The number of hydrazone groups is 1. The van der Waals surface area contributed by atoms with Crippen molar-refractivity contribution in [3.8, 4) is 5.75 Å². The quantitative estimate of drug-likeness (QED) is 0.329. The molecule has 0 aliphatic rings. The van der Waals surface area contributed by atoms with E-state index in [0.717, 1.165) is 22.4 Å². The molecule has 2 N–H and O–H groups in total. The highest BCUT2D eigenvalue weighted by Crippen LogP contribution is 2.20. The summed E-state index contributed by atoms with van der Waals surface area (Å²) in [7, 11) is 0. The number of hydrogen-bond donors (Lipinski definition) is 2. The average Bonchev–Trinajstić information content (AvgIpc) is 2.81. The first-order valence-corrected chi connectivity index (χ1v) is 10.9. The molecule has 0 aliphatic carbocycles. The Bertz CT molecular complexity index is 1130. The fourth-order valence-electron chi connectivity index (χ4n) is 2.86. The van der Waals surface area contributed by atoms with Gasteiger partial charge in [0.05, 0.1) is 6.21 Å². The van der Waals surface area contributed by atoms with Crippen molar-refractivity contribution in [3.63, 3.8) is 0 Å². The average molecular weight is 464 g/mol. The van der Waals surface area contributed by atoms with Crippen LogP contribution in [0.1, 0.15) is 35.1 Å². The van der Waals surface area contributed by atoms with Crippen LogP contribution in [-0.2, 0) is 16.2 Å². The summed E-state index contributed by atoms with van der Waals surface area (Å²) in [5.74, 6) is 0.134. The minimum Gasteiger partial charge on any atom is -0.489 e. The van der Waals surface area contributed by atoms with E-state index >= 15 is 0 Å². The number of nitrogens with one attached hydrogen (secondary N) is 2. The molecule has 0 saturated carbocycles. The van der Waals surface area contributed by atoms with Crippen LogP contribution in [0.5, 0.6) is 5.75 Å². The van der Waals surface area contributed by atoms with E-state index in [2.05, 4.69) is 28.0 Å². The molecule has 0 spiro atoms. The molecule has 3 aromatic carbocycles.